The molecule has 0 aromatic heterocycles. The average molecular weight is 699 g/mol. The summed E-state index contributed by atoms with van der Waals surface area (Å²) in [4.78, 5) is 50.1. The van der Waals surface area contributed by atoms with Crippen LogP contribution in [0.25, 0.3) is 0 Å². The highest BCUT2D eigenvalue weighted by Crippen LogP contribution is 2.76. The van der Waals surface area contributed by atoms with Crippen LogP contribution >= 0.6 is 0 Å². The number of ketones is 1. The minimum absolute atomic E-state index is 0.0385. The molecule has 6 aliphatic rings. The maximum Gasteiger partial charge on any atom is 0.303 e. The lowest BCUT2D eigenvalue weighted by molar-refractivity contribution is -0.258. The van der Waals surface area contributed by atoms with E-state index in [9.17, 15) is 24.3 Å². The molecule has 6 unspecified atom stereocenters. The van der Waals surface area contributed by atoms with E-state index in [1.54, 1.807) is 0 Å². The van der Waals surface area contributed by atoms with Crippen molar-refractivity contribution in [3.63, 3.8) is 0 Å². The Morgan fingerprint density at radius 1 is 0.820 bits per heavy atom. The van der Waals surface area contributed by atoms with Crippen LogP contribution in [-0.2, 0) is 38.1 Å². The van der Waals surface area contributed by atoms with Gasteiger partial charge in [0, 0.05) is 38.0 Å². The van der Waals surface area contributed by atoms with Crippen LogP contribution in [0.2, 0.25) is 0 Å². The van der Waals surface area contributed by atoms with Gasteiger partial charge in [-0.25, -0.2) is 0 Å². The summed E-state index contributed by atoms with van der Waals surface area (Å²) in [6.07, 6.45) is 6.32. The molecule has 0 amide bonds. The van der Waals surface area contributed by atoms with E-state index in [4.69, 9.17) is 18.9 Å². The van der Waals surface area contributed by atoms with Gasteiger partial charge in [-0.3, -0.25) is 19.2 Å². The zero-order valence-corrected chi connectivity index (χ0v) is 32.2. The van der Waals surface area contributed by atoms with Crippen LogP contribution in [-0.4, -0.2) is 65.9 Å². The molecule has 0 aromatic rings. The normalized spacial score (nSPS) is 45.3. The maximum atomic E-state index is 13.2. The summed E-state index contributed by atoms with van der Waals surface area (Å²) in [5.41, 5.74) is 0.685. The maximum absolute atomic E-state index is 13.2. The molecule has 280 valence electrons. The summed E-state index contributed by atoms with van der Waals surface area (Å²) >= 11 is 0. The molecule has 0 spiro atoms. The summed E-state index contributed by atoms with van der Waals surface area (Å²) in [6.45, 7) is 20.2. The lowest BCUT2D eigenvalue weighted by Crippen LogP contribution is -2.67. The molecule has 50 heavy (non-hydrogen) atoms. The van der Waals surface area contributed by atoms with E-state index in [0.717, 1.165) is 57.8 Å². The van der Waals surface area contributed by atoms with Gasteiger partial charge in [0.25, 0.3) is 0 Å². The quantitative estimate of drug-likeness (QED) is 0.185. The van der Waals surface area contributed by atoms with Gasteiger partial charge in [-0.2, -0.15) is 0 Å². The monoisotopic (exact) mass is 698 g/mol. The Morgan fingerprint density at radius 2 is 1.44 bits per heavy atom. The summed E-state index contributed by atoms with van der Waals surface area (Å²) in [6, 6.07) is 0. The van der Waals surface area contributed by atoms with Gasteiger partial charge < -0.3 is 24.1 Å². The molecule has 1 aliphatic heterocycles. The van der Waals surface area contributed by atoms with Crippen molar-refractivity contribution in [3.05, 3.63) is 11.6 Å². The highest BCUT2D eigenvalue weighted by atomic mass is 16.6. The van der Waals surface area contributed by atoms with E-state index < -0.39 is 53.8 Å². The molecule has 5 aliphatic carbocycles. The zero-order valence-electron chi connectivity index (χ0n) is 32.2. The van der Waals surface area contributed by atoms with Gasteiger partial charge in [-0.05, 0) is 97.2 Å². The van der Waals surface area contributed by atoms with Gasteiger partial charge >= 0.3 is 17.9 Å². The molecule has 6 rings (SSSR count). The van der Waals surface area contributed by atoms with Crippen LogP contribution in [0.15, 0.2) is 11.6 Å². The van der Waals surface area contributed by atoms with Crippen LogP contribution in [0.3, 0.4) is 0 Å². The molecule has 0 aromatic carbocycles. The average Bonchev–Trinajstić information content (AvgIpc) is 3.00. The SMILES string of the molecule is CC(=O)OC1C(OC(C)=O)[C@H](OC(C)=O)CO[C@H]1C(O)[C@]12CCC(C)(C)CC1C1=CCC3[C@@]4(C)CCC(=O)C(C)(C)C4CC[C@@]3(C)[C@]1(C)CC2. The Labute approximate surface area is 299 Å². The topological polar surface area (TPSA) is 125 Å². The molecule has 0 radical (unpaired) electrons. The highest BCUT2D eigenvalue weighted by Gasteiger charge is 2.70. The smallest absolute Gasteiger partial charge is 0.303 e. The number of carbonyl (C=O) groups excluding carboxylic acids is 4. The number of fused-ring (bicyclic) bond motifs is 7. The van der Waals surface area contributed by atoms with Crippen LogP contribution < -0.4 is 0 Å². The van der Waals surface area contributed by atoms with Crippen LogP contribution in [0.5, 0.6) is 0 Å². The third kappa shape index (κ3) is 5.61. The van der Waals surface area contributed by atoms with Gasteiger partial charge in [0.15, 0.2) is 18.3 Å². The highest BCUT2D eigenvalue weighted by molar-refractivity contribution is 5.85. The molecule has 1 N–H and O–H groups in total. The lowest BCUT2D eigenvalue weighted by atomic mass is 9.33. The Morgan fingerprint density at radius 3 is 2.08 bits per heavy atom. The van der Waals surface area contributed by atoms with Crippen molar-refractivity contribution in [2.75, 3.05) is 6.61 Å². The van der Waals surface area contributed by atoms with Crippen LogP contribution in [0.1, 0.15) is 133 Å². The van der Waals surface area contributed by atoms with Crippen molar-refractivity contribution in [3.8, 4) is 0 Å². The number of Topliss-reactive ketones (excluding diaryl/α,β-unsaturated/α-hetero) is 1. The van der Waals surface area contributed by atoms with E-state index in [-0.39, 0.29) is 39.6 Å². The van der Waals surface area contributed by atoms with E-state index >= 15 is 0 Å². The number of allylic oxidation sites excluding steroid dienone is 2. The number of aliphatic hydroxyl groups is 1. The van der Waals surface area contributed by atoms with Crippen LogP contribution in [0.4, 0.5) is 0 Å². The van der Waals surface area contributed by atoms with Gasteiger partial charge in [-0.15, -0.1) is 0 Å². The number of rotatable bonds is 5. The van der Waals surface area contributed by atoms with Crippen molar-refractivity contribution >= 4 is 23.7 Å². The van der Waals surface area contributed by atoms with E-state index in [0.29, 0.717) is 24.0 Å². The second-order valence-corrected chi connectivity index (χ2v) is 19.1. The Bertz CT molecular complexity index is 1450. The van der Waals surface area contributed by atoms with Crippen molar-refractivity contribution in [1.82, 2.24) is 0 Å². The number of aliphatic hydroxyl groups excluding tert-OH is 1. The predicted octanol–water partition coefficient (Wildman–Crippen LogP) is 6.91. The van der Waals surface area contributed by atoms with Gasteiger partial charge in [0.2, 0.25) is 0 Å². The third-order valence-corrected chi connectivity index (χ3v) is 15.7. The number of hydrogen-bond donors (Lipinski definition) is 1. The van der Waals surface area contributed by atoms with Crippen molar-refractivity contribution in [2.45, 2.75) is 164 Å². The van der Waals surface area contributed by atoms with E-state index in [1.807, 2.05) is 0 Å². The van der Waals surface area contributed by atoms with Crippen molar-refractivity contribution in [1.29, 1.82) is 0 Å². The fraction of sp³-hybridized carbons (Fsp3) is 0.854. The van der Waals surface area contributed by atoms with Gasteiger partial charge in [0.05, 0.1) is 12.7 Å². The summed E-state index contributed by atoms with van der Waals surface area (Å²) in [5.74, 6) is -0.458. The van der Waals surface area contributed by atoms with E-state index in [1.165, 1.54) is 26.3 Å². The van der Waals surface area contributed by atoms with Crippen LogP contribution in [0, 0.1) is 50.2 Å². The fourth-order valence-corrected chi connectivity index (χ4v) is 13.0. The standard InChI is InChI=1S/C41H62O9/c1-23(42)48-28-22-47-34(33(50-25(3)44)32(28)49-24(2)43)35(46)41-19-17-36(4,5)21-27(41)26-11-12-30-38(8)15-14-31(45)37(6,7)29(38)13-16-40(30,10)39(26,9)18-20-41/h11,27-30,32-35,46H,12-22H2,1-10H3/t27?,28-,29?,30?,32?,33?,34-,35?,38+,39-,40-,41+/m1/s1. The first kappa shape index (κ1) is 37.5. The van der Waals surface area contributed by atoms with Crippen molar-refractivity contribution in [2.24, 2.45) is 50.2 Å². The molecule has 4 saturated carbocycles. The first-order valence-corrected chi connectivity index (χ1v) is 19.2. The van der Waals surface area contributed by atoms with E-state index in [2.05, 4.69) is 54.5 Å². The lowest BCUT2D eigenvalue weighted by Gasteiger charge is -2.71. The van der Waals surface area contributed by atoms with Gasteiger partial charge in [-0.1, -0.05) is 60.1 Å². The first-order chi connectivity index (χ1) is 23.1. The van der Waals surface area contributed by atoms with Crippen molar-refractivity contribution < 1.29 is 43.2 Å². The fourth-order valence-electron chi connectivity index (χ4n) is 13.0. The summed E-state index contributed by atoms with van der Waals surface area (Å²) < 4.78 is 23.4. The minimum atomic E-state index is -1.16. The molecular weight excluding hydrogens is 636 g/mol. The molecule has 1 heterocycles. The summed E-state index contributed by atoms with van der Waals surface area (Å²) in [7, 11) is 0. The predicted molar refractivity (Wildman–Crippen MR) is 186 cm³/mol. The molecule has 9 heteroatoms. The number of ether oxygens (including phenoxy) is 4. The third-order valence-electron chi connectivity index (χ3n) is 15.7. The zero-order chi connectivity index (χ0) is 36.8. The molecule has 1 saturated heterocycles. The molecule has 9 nitrogen and oxygen atoms in total. The molecular formula is C41H62O9. The molecule has 0 bridgehead atoms. The largest absolute Gasteiger partial charge is 0.456 e. The second kappa shape index (κ2) is 12.4. The molecule has 12 atom stereocenters. The summed E-state index contributed by atoms with van der Waals surface area (Å²) in [5, 5.41) is 12.8. The number of hydrogen-bond acceptors (Lipinski definition) is 9. The Balaban J connectivity index is 1.40. The minimum Gasteiger partial charge on any atom is -0.456 e. The Kier molecular flexibility index (Phi) is 9.31. The number of carbonyl (C=O) groups is 4. The Hall–Kier alpha value is -2.26. The number of esters is 3. The molecule has 5 fully saturated rings. The van der Waals surface area contributed by atoms with Gasteiger partial charge in [0.1, 0.15) is 11.9 Å². The second-order valence-electron chi connectivity index (χ2n) is 19.1. The first-order valence-electron chi connectivity index (χ1n) is 19.2.